The number of aromatic nitrogens is 3. The van der Waals surface area contributed by atoms with Crippen LogP contribution in [-0.4, -0.2) is 15.0 Å². The molecule has 0 aliphatic heterocycles. The molecule has 0 aliphatic rings. The van der Waals surface area contributed by atoms with Gasteiger partial charge in [-0.2, -0.15) is 0 Å². The summed E-state index contributed by atoms with van der Waals surface area (Å²) in [6.07, 6.45) is 0. The molecule has 0 unspecified atom stereocenters. The molecular weight excluding hydrogens is 647 g/mol. The summed E-state index contributed by atoms with van der Waals surface area (Å²) in [6.45, 7) is 0. The van der Waals surface area contributed by atoms with Crippen LogP contribution < -0.4 is 0 Å². The highest BCUT2D eigenvalue weighted by Crippen LogP contribution is 2.44. The summed E-state index contributed by atoms with van der Waals surface area (Å²) in [5.41, 5.74) is 6.67. The van der Waals surface area contributed by atoms with Gasteiger partial charge in [0.15, 0.2) is 17.5 Å². The lowest BCUT2D eigenvalue weighted by molar-refractivity contribution is 0.669. The van der Waals surface area contributed by atoms with E-state index in [2.05, 4.69) is 115 Å². The van der Waals surface area contributed by atoms with Gasteiger partial charge >= 0.3 is 0 Å². The fraction of sp³-hybridized carbons (Fsp3) is 0. The molecule has 0 radical (unpaired) electrons. The van der Waals surface area contributed by atoms with Crippen LogP contribution in [0.25, 0.3) is 110 Å². The average molecular weight is 676 g/mol. The van der Waals surface area contributed by atoms with Gasteiger partial charge in [0.25, 0.3) is 0 Å². The topological polar surface area (TPSA) is 51.8 Å². The maximum atomic E-state index is 6.16. The van der Waals surface area contributed by atoms with E-state index in [4.69, 9.17) is 19.4 Å². The molecule has 11 aromatic rings. The van der Waals surface area contributed by atoms with Gasteiger partial charge in [-0.25, -0.2) is 15.0 Å². The number of fused-ring (bicyclic) bond motifs is 11. The Balaban J connectivity index is 1.19. The normalized spacial score (nSPS) is 11.8. The summed E-state index contributed by atoms with van der Waals surface area (Å²) < 4.78 is 6.16. The minimum absolute atomic E-state index is 0.608. The van der Waals surface area contributed by atoms with Gasteiger partial charge in [-0.1, -0.05) is 146 Å². The minimum atomic E-state index is 0.608. The quantitative estimate of drug-likeness (QED) is 0.174. The summed E-state index contributed by atoms with van der Waals surface area (Å²) in [4.78, 5) is 15.5. The van der Waals surface area contributed by atoms with Crippen LogP contribution in [0.3, 0.4) is 0 Å². The van der Waals surface area contributed by atoms with E-state index in [0.29, 0.717) is 17.5 Å². The van der Waals surface area contributed by atoms with Gasteiger partial charge in [-0.3, -0.25) is 0 Å². The molecule has 0 bridgehead atoms. The molecule has 2 aromatic heterocycles. The Kier molecular flexibility index (Phi) is 6.52. The minimum Gasteiger partial charge on any atom is -0.456 e. The van der Waals surface area contributed by atoms with E-state index in [0.717, 1.165) is 49.8 Å². The van der Waals surface area contributed by atoms with Gasteiger partial charge in [0.1, 0.15) is 11.2 Å². The molecule has 11 rings (SSSR count). The van der Waals surface area contributed by atoms with E-state index in [1.807, 2.05) is 60.7 Å². The number of furan rings is 1. The van der Waals surface area contributed by atoms with Gasteiger partial charge in [-0.05, 0) is 84.5 Å². The second-order valence-corrected chi connectivity index (χ2v) is 13.5. The Labute approximate surface area is 304 Å². The van der Waals surface area contributed by atoms with Crippen molar-refractivity contribution in [3.8, 4) is 45.3 Å². The first-order valence-electron chi connectivity index (χ1n) is 17.9. The summed E-state index contributed by atoms with van der Waals surface area (Å²) in [5.74, 6) is 1.85. The summed E-state index contributed by atoms with van der Waals surface area (Å²) >= 11 is 0. The van der Waals surface area contributed by atoms with Gasteiger partial charge in [0, 0.05) is 27.5 Å². The lowest BCUT2D eigenvalue weighted by Gasteiger charge is -2.18. The Morgan fingerprint density at radius 2 is 0.792 bits per heavy atom. The fourth-order valence-electron chi connectivity index (χ4n) is 8.11. The number of para-hydroxylation sites is 1. The molecule has 4 nitrogen and oxygen atoms in total. The first-order chi connectivity index (χ1) is 26.3. The largest absolute Gasteiger partial charge is 0.456 e. The van der Waals surface area contributed by atoms with Crippen molar-refractivity contribution in [2.75, 3.05) is 0 Å². The SMILES string of the molecule is c1ccc(-c2nc(-c3ccc4oc5ccccc5c4c3)nc(-c3ccccc3-c3cc4c5ccccc5c5ccccc5c4c4ccccc34)n2)cc1. The number of nitrogens with zero attached hydrogens (tertiary/aromatic N) is 3. The highest BCUT2D eigenvalue weighted by Gasteiger charge is 2.20. The van der Waals surface area contributed by atoms with Crippen molar-refractivity contribution in [3.63, 3.8) is 0 Å². The maximum absolute atomic E-state index is 6.16. The molecule has 0 fully saturated rings. The summed E-state index contributed by atoms with van der Waals surface area (Å²) in [5, 5.41) is 12.0. The van der Waals surface area contributed by atoms with Gasteiger partial charge < -0.3 is 4.42 Å². The van der Waals surface area contributed by atoms with Crippen molar-refractivity contribution in [2.45, 2.75) is 0 Å². The number of benzene rings is 9. The molecular formula is C49H29N3O. The van der Waals surface area contributed by atoms with Crippen molar-refractivity contribution in [2.24, 2.45) is 0 Å². The predicted molar refractivity (Wildman–Crippen MR) is 219 cm³/mol. The van der Waals surface area contributed by atoms with Crippen LogP contribution in [0.4, 0.5) is 0 Å². The van der Waals surface area contributed by atoms with Crippen LogP contribution in [0, 0.1) is 0 Å². The molecule has 2 heterocycles. The zero-order chi connectivity index (χ0) is 34.9. The van der Waals surface area contributed by atoms with Gasteiger partial charge in [0.05, 0.1) is 0 Å². The third-order valence-electron chi connectivity index (χ3n) is 10.5. The Morgan fingerprint density at radius 1 is 0.283 bits per heavy atom. The second-order valence-electron chi connectivity index (χ2n) is 13.5. The lowest BCUT2D eigenvalue weighted by atomic mass is 9.86. The maximum Gasteiger partial charge on any atom is 0.164 e. The molecule has 0 spiro atoms. The van der Waals surface area contributed by atoms with E-state index < -0.39 is 0 Å². The van der Waals surface area contributed by atoms with E-state index >= 15 is 0 Å². The van der Waals surface area contributed by atoms with E-state index in [1.54, 1.807) is 0 Å². The standard InChI is InChI=1S/C49H29N3O/c1-2-14-30(15-3-1)47-50-48(31-26-27-45-42(28-31)37-21-12-13-25-44(37)53-45)52-49(51-47)40-24-11-8-20-36(40)41-29-43-34-18-5-4-16-32(34)33-17-6-9-22-38(33)46(43)39-23-10-7-19-35(39)41/h1-29H. The first-order valence-corrected chi connectivity index (χ1v) is 17.9. The number of hydrogen-bond donors (Lipinski definition) is 0. The van der Waals surface area contributed by atoms with Gasteiger partial charge in [-0.15, -0.1) is 0 Å². The van der Waals surface area contributed by atoms with Crippen molar-refractivity contribution >= 4 is 65.0 Å². The molecule has 0 atom stereocenters. The Morgan fingerprint density at radius 3 is 1.55 bits per heavy atom. The Bertz CT molecular complexity index is 3240. The van der Waals surface area contributed by atoms with E-state index in [9.17, 15) is 0 Å². The van der Waals surface area contributed by atoms with E-state index in [1.165, 1.54) is 43.1 Å². The van der Waals surface area contributed by atoms with Crippen LogP contribution in [0.15, 0.2) is 180 Å². The van der Waals surface area contributed by atoms with Crippen LogP contribution >= 0.6 is 0 Å². The monoisotopic (exact) mass is 675 g/mol. The smallest absolute Gasteiger partial charge is 0.164 e. The van der Waals surface area contributed by atoms with Crippen molar-refractivity contribution in [1.82, 2.24) is 15.0 Å². The summed E-state index contributed by atoms with van der Waals surface area (Å²) in [7, 11) is 0. The van der Waals surface area contributed by atoms with E-state index in [-0.39, 0.29) is 0 Å². The highest BCUT2D eigenvalue weighted by molar-refractivity contribution is 6.33. The summed E-state index contributed by atoms with van der Waals surface area (Å²) in [6, 6.07) is 61.7. The lowest BCUT2D eigenvalue weighted by Crippen LogP contribution is -2.01. The van der Waals surface area contributed by atoms with Crippen LogP contribution in [0.1, 0.15) is 0 Å². The average Bonchev–Trinajstić information content (AvgIpc) is 3.61. The predicted octanol–water partition coefficient (Wildman–Crippen LogP) is 13.1. The third-order valence-corrected chi connectivity index (χ3v) is 10.5. The van der Waals surface area contributed by atoms with Crippen molar-refractivity contribution < 1.29 is 4.42 Å². The molecule has 0 amide bonds. The van der Waals surface area contributed by atoms with Crippen LogP contribution in [-0.2, 0) is 0 Å². The van der Waals surface area contributed by atoms with Crippen LogP contribution in [0.2, 0.25) is 0 Å². The molecule has 246 valence electrons. The zero-order valence-corrected chi connectivity index (χ0v) is 28.5. The fourth-order valence-corrected chi connectivity index (χ4v) is 8.11. The molecule has 0 saturated carbocycles. The van der Waals surface area contributed by atoms with Gasteiger partial charge in [0.2, 0.25) is 0 Å². The number of hydrogen-bond acceptors (Lipinski definition) is 4. The third kappa shape index (κ3) is 4.66. The molecule has 4 heteroatoms. The second kappa shape index (κ2) is 11.7. The Hall–Kier alpha value is -7.17. The molecule has 9 aromatic carbocycles. The first kappa shape index (κ1) is 29.5. The molecule has 0 aliphatic carbocycles. The van der Waals surface area contributed by atoms with Crippen LogP contribution in [0.5, 0.6) is 0 Å². The zero-order valence-electron chi connectivity index (χ0n) is 28.5. The molecule has 0 saturated heterocycles. The molecule has 0 N–H and O–H groups in total. The van der Waals surface area contributed by atoms with Crippen molar-refractivity contribution in [1.29, 1.82) is 0 Å². The molecule has 53 heavy (non-hydrogen) atoms. The number of rotatable bonds is 4. The van der Waals surface area contributed by atoms with Crippen molar-refractivity contribution in [3.05, 3.63) is 176 Å². The highest BCUT2D eigenvalue weighted by atomic mass is 16.3.